The summed E-state index contributed by atoms with van der Waals surface area (Å²) in [6, 6.07) is 8.89. The van der Waals surface area contributed by atoms with E-state index in [9.17, 15) is 20.2 Å². The number of hydrogen-bond acceptors (Lipinski definition) is 8. The summed E-state index contributed by atoms with van der Waals surface area (Å²) in [6.07, 6.45) is 0.929. The average molecular weight is 495 g/mol. The van der Waals surface area contributed by atoms with Gasteiger partial charge in [-0.3, -0.25) is 19.8 Å². The van der Waals surface area contributed by atoms with E-state index in [0.717, 1.165) is 26.8 Å². The molecule has 0 amide bonds. The number of allylic oxidation sites excluding steroid dienone is 3. The molecular weight excluding hydrogens is 468 g/mol. The van der Waals surface area contributed by atoms with Crippen molar-refractivity contribution in [2.24, 2.45) is 11.1 Å². The number of hydrogen-bond donors (Lipinski definition) is 1. The number of nitriles is 1. The molecule has 2 N–H and O–H groups in total. The Bertz CT molecular complexity index is 1300. The highest BCUT2D eigenvalue weighted by molar-refractivity contribution is 7.99. The number of aryl methyl sites for hydroxylation is 1. The van der Waals surface area contributed by atoms with Crippen molar-refractivity contribution >= 4 is 40.3 Å². The Kier molecular flexibility index (Phi) is 6.32. The molecule has 0 fully saturated rings. The monoisotopic (exact) mass is 494 g/mol. The molecule has 0 unspecified atom stereocenters. The maximum absolute atomic E-state index is 13.7. The Labute approximate surface area is 207 Å². The first-order valence-electron chi connectivity index (χ1n) is 11.0. The number of carbonyl (C=O) groups is 1. The van der Waals surface area contributed by atoms with Gasteiger partial charge in [0.05, 0.1) is 28.2 Å². The number of nitro benzene ring substituents is 1. The number of benzene rings is 1. The lowest BCUT2D eigenvalue weighted by Crippen LogP contribution is -2.42. The van der Waals surface area contributed by atoms with Gasteiger partial charge in [-0.2, -0.15) is 5.26 Å². The highest BCUT2D eigenvalue weighted by Crippen LogP contribution is 2.53. The molecule has 1 aromatic carbocycles. The van der Waals surface area contributed by atoms with Crippen molar-refractivity contribution in [3.8, 4) is 6.07 Å². The predicted octanol–water partition coefficient (Wildman–Crippen LogP) is 6.02. The van der Waals surface area contributed by atoms with Crippen molar-refractivity contribution in [3.05, 3.63) is 72.9 Å². The zero-order valence-electron chi connectivity index (χ0n) is 19.5. The molecule has 0 saturated carbocycles. The first-order chi connectivity index (χ1) is 16.1. The molecule has 1 atom stereocenters. The van der Waals surface area contributed by atoms with Gasteiger partial charge < -0.3 is 5.73 Å². The molecule has 4 rings (SSSR count). The minimum absolute atomic E-state index is 0.00886. The van der Waals surface area contributed by atoms with E-state index < -0.39 is 10.8 Å². The minimum Gasteiger partial charge on any atom is -0.384 e. The summed E-state index contributed by atoms with van der Waals surface area (Å²) < 4.78 is 0. The predicted molar refractivity (Wildman–Crippen MR) is 136 cm³/mol. The minimum atomic E-state index is -0.534. The number of nitrogens with zero attached hydrogens (tertiary/aromatic N) is 3. The second-order valence-electron chi connectivity index (χ2n) is 9.29. The summed E-state index contributed by atoms with van der Waals surface area (Å²) in [5, 5.41) is 23.7. The molecule has 0 spiro atoms. The average Bonchev–Trinajstić information content (AvgIpc) is 3.21. The number of rotatable bonds is 5. The van der Waals surface area contributed by atoms with Crippen LogP contribution < -0.4 is 10.6 Å². The maximum atomic E-state index is 13.7. The second-order valence-corrected chi connectivity index (χ2v) is 11.5. The standard InChI is InChI=1S/C25H26N4O3S2/c1-5-33-20-8-9-34-23(20)21-16(13-26)24(27)28(17-10-15(29(31)32)7-6-14(17)2)18-11-25(3,4)12-19(30)22(18)21/h6-10,21H,5,11-12,27H2,1-4H3/t21-/m1/s1. The molecule has 1 aliphatic carbocycles. The summed E-state index contributed by atoms with van der Waals surface area (Å²) in [7, 11) is 0. The number of anilines is 1. The molecular formula is C25H26N4O3S2. The quantitative estimate of drug-likeness (QED) is 0.307. The van der Waals surface area contributed by atoms with E-state index >= 15 is 0 Å². The molecule has 2 aromatic rings. The van der Waals surface area contributed by atoms with Gasteiger partial charge >= 0.3 is 0 Å². The van der Waals surface area contributed by atoms with Gasteiger partial charge in [-0.15, -0.1) is 23.1 Å². The lowest BCUT2D eigenvalue weighted by Gasteiger charge is -2.44. The van der Waals surface area contributed by atoms with Gasteiger partial charge in [0, 0.05) is 39.6 Å². The molecule has 176 valence electrons. The van der Waals surface area contributed by atoms with Crippen molar-refractivity contribution in [2.75, 3.05) is 10.7 Å². The van der Waals surface area contributed by atoms with Crippen LogP contribution in [0.2, 0.25) is 0 Å². The third-order valence-corrected chi connectivity index (χ3v) is 8.31. The lowest BCUT2D eigenvalue weighted by atomic mass is 9.69. The summed E-state index contributed by atoms with van der Waals surface area (Å²) in [4.78, 5) is 28.4. The zero-order valence-corrected chi connectivity index (χ0v) is 21.2. The van der Waals surface area contributed by atoms with Crippen molar-refractivity contribution in [1.82, 2.24) is 0 Å². The smallest absolute Gasteiger partial charge is 0.271 e. The second kappa shape index (κ2) is 8.93. The maximum Gasteiger partial charge on any atom is 0.271 e. The molecule has 7 nitrogen and oxygen atoms in total. The van der Waals surface area contributed by atoms with E-state index in [-0.39, 0.29) is 22.7 Å². The summed E-state index contributed by atoms with van der Waals surface area (Å²) in [5.74, 6) is 0.545. The van der Waals surface area contributed by atoms with Crippen LogP contribution in [0.15, 0.2) is 57.2 Å². The Balaban J connectivity index is 2.03. The van der Waals surface area contributed by atoms with Crippen LogP contribution in [0.1, 0.15) is 50.0 Å². The SMILES string of the molecule is CCSc1ccsc1[C@@H]1C(C#N)=C(N)N(c2cc([N+](=O)[O-])ccc2C)C2=C1C(=O)CC(C)(C)C2. The highest BCUT2D eigenvalue weighted by atomic mass is 32.2. The topological polar surface area (TPSA) is 113 Å². The summed E-state index contributed by atoms with van der Waals surface area (Å²) >= 11 is 3.20. The normalized spacial score (nSPS) is 19.8. The fourth-order valence-electron chi connectivity index (χ4n) is 4.79. The lowest BCUT2D eigenvalue weighted by molar-refractivity contribution is -0.384. The number of ketones is 1. The molecule has 1 aromatic heterocycles. The van der Waals surface area contributed by atoms with E-state index in [2.05, 4.69) is 13.0 Å². The van der Waals surface area contributed by atoms with Crippen LogP contribution in [-0.2, 0) is 4.79 Å². The molecule has 2 heterocycles. The number of nitro groups is 1. The number of carbonyl (C=O) groups excluding carboxylic acids is 1. The largest absolute Gasteiger partial charge is 0.384 e. The van der Waals surface area contributed by atoms with E-state index in [0.29, 0.717) is 29.7 Å². The molecule has 0 radical (unpaired) electrons. The number of non-ortho nitro benzene ring substituents is 1. The Morgan fingerprint density at radius 2 is 2.09 bits per heavy atom. The van der Waals surface area contributed by atoms with Crippen LogP contribution in [0.3, 0.4) is 0 Å². The van der Waals surface area contributed by atoms with Crippen LogP contribution in [0.4, 0.5) is 11.4 Å². The van der Waals surface area contributed by atoms with Gasteiger partial charge in [0.15, 0.2) is 5.78 Å². The molecule has 2 aliphatic rings. The van der Waals surface area contributed by atoms with Gasteiger partial charge in [-0.25, -0.2) is 0 Å². The molecule has 0 saturated heterocycles. The number of thiophene rings is 1. The van der Waals surface area contributed by atoms with Gasteiger partial charge in [-0.05, 0) is 41.5 Å². The molecule has 34 heavy (non-hydrogen) atoms. The van der Waals surface area contributed by atoms with Gasteiger partial charge in [-0.1, -0.05) is 26.8 Å². The van der Waals surface area contributed by atoms with Crippen LogP contribution >= 0.6 is 23.1 Å². The van der Waals surface area contributed by atoms with Crippen molar-refractivity contribution in [2.45, 2.75) is 51.3 Å². The number of thioether (sulfide) groups is 1. The highest BCUT2D eigenvalue weighted by Gasteiger charge is 2.46. The van der Waals surface area contributed by atoms with Crippen LogP contribution in [0.25, 0.3) is 0 Å². The Hall–Kier alpha value is -3.09. The number of nitrogens with two attached hydrogens (primary N) is 1. The molecule has 9 heteroatoms. The Morgan fingerprint density at radius 1 is 1.35 bits per heavy atom. The van der Waals surface area contributed by atoms with Crippen molar-refractivity contribution in [1.29, 1.82) is 5.26 Å². The first kappa shape index (κ1) is 24.0. The fraction of sp³-hybridized carbons (Fsp3) is 0.360. The summed E-state index contributed by atoms with van der Waals surface area (Å²) in [6.45, 7) is 7.97. The van der Waals surface area contributed by atoms with Crippen LogP contribution in [0.5, 0.6) is 0 Å². The third-order valence-electron chi connectivity index (χ3n) is 6.24. The molecule has 0 bridgehead atoms. The number of Topliss-reactive ketones (excluding diaryl/α,β-unsaturated/α-hetero) is 1. The van der Waals surface area contributed by atoms with Crippen molar-refractivity contribution in [3.63, 3.8) is 0 Å². The van der Waals surface area contributed by atoms with E-state index in [1.54, 1.807) is 22.7 Å². The van der Waals surface area contributed by atoms with E-state index in [4.69, 9.17) is 5.73 Å². The Morgan fingerprint density at radius 3 is 2.74 bits per heavy atom. The van der Waals surface area contributed by atoms with Crippen LogP contribution in [0, 0.1) is 33.8 Å². The van der Waals surface area contributed by atoms with Gasteiger partial charge in [0.2, 0.25) is 0 Å². The van der Waals surface area contributed by atoms with Crippen LogP contribution in [-0.4, -0.2) is 16.5 Å². The summed E-state index contributed by atoms with van der Waals surface area (Å²) in [5.41, 5.74) is 9.21. The van der Waals surface area contributed by atoms with Crippen molar-refractivity contribution < 1.29 is 9.72 Å². The van der Waals surface area contributed by atoms with E-state index in [1.807, 2.05) is 32.2 Å². The van der Waals surface area contributed by atoms with Gasteiger partial charge in [0.25, 0.3) is 5.69 Å². The first-order valence-corrected chi connectivity index (χ1v) is 12.9. The molecule has 1 aliphatic heterocycles. The zero-order chi connectivity index (χ0) is 24.8. The third kappa shape index (κ3) is 4.01. The van der Waals surface area contributed by atoms with E-state index in [1.165, 1.54) is 23.5 Å². The fourth-order valence-corrected chi connectivity index (χ4v) is 6.84. The van der Waals surface area contributed by atoms with Gasteiger partial charge in [0.1, 0.15) is 5.82 Å².